The first-order valence-corrected chi connectivity index (χ1v) is 7.11. The lowest BCUT2D eigenvalue weighted by Gasteiger charge is -2.28. The summed E-state index contributed by atoms with van der Waals surface area (Å²) in [6.45, 7) is 12.5. The summed E-state index contributed by atoms with van der Waals surface area (Å²) in [5.74, 6) is 0.259. The SMILES string of the molecule is CCN(CC)CCN(C)c1c(C(C)C)c(=O)c1=S. The third-order valence-corrected chi connectivity index (χ3v) is 3.90. The molecule has 0 aliphatic carbocycles. The largest absolute Gasteiger partial charge is 0.372 e. The zero-order chi connectivity index (χ0) is 13.9. The monoisotopic (exact) mass is 268 g/mol. The van der Waals surface area contributed by atoms with Crippen LogP contribution in [0.15, 0.2) is 4.79 Å². The van der Waals surface area contributed by atoms with Gasteiger partial charge in [0.25, 0.3) is 0 Å². The Bertz CT molecular complexity index is 456. The molecular formula is C14H24N2OS. The molecule has 0 amide bonds. The maximum Gasteiger partial charge on any atom is 0.204 e. The number of nitrogens with zero attached hydrogens (tertiary/aromatic N) is 2. The molecule has 0 heterocycles. The lowest BCUT2D eigenvalue weighted by Crippen LogP contribution is -2.36. The van der Waals surface area contributed by atoms with Crippen molar-refractivity contribution in [3.8, 4) is 0 Å². The molecule has 0 N–H and O–H groups in total. The standard InChI is InChI=1S/C14H24N2OS/c1-6-16(7-2)9-8-15(5)12-11(10(3)4)13(17)14(12)18/h10H,6-9H2,1-5H3. The molecule has 0 aromatic heterocycles. The van der Waals surface area contributed by atoms with E-state index in [1.54, 1.807) is 0 Å². The Balaban J connectivity index is 2.74. The van der Waals surface area contributed by atoms with Gasteiger partial charge in [0.05, 0.1) is 5.69 Å². The van der Waals surface area contributed by atoms with Crippen molar-refractivity contribution in [1.82, 2.24) is 4.90 Å². The highest BCUT2D eigenvalue weighted by atomic mass is 32.1. The van der Waals surface area contributed by atoms with Gasteiger partial charge < -0.3 is 9.80 Å². The van der Waals surface area contributed by atoms with Crippen LogP contribution in [0.2, 0.25) is 0 Å². The molecule has 0 aliphatic rings. The molecule has 0 spiro atoms. The van der Waals surface area contributed by atoms with E-state index in [0.29, 0.717) is 4.51 Å². The second kappa shape index (κ2) is 6.43. The highest BCUT2D eigenvalue weighted by Gasteiger charge is 2.23. The van der Waals surface area contributed by atoms with Gasteiger partial charge in [0.1, 0.15) is 4.51 Å². The molecule has 1 rings (SSSR count). The average Bonchev–Trinajstić information content (AvgIpc) is 2.34. The van der Waals surface area contributed by atoms with Crippen molar-refractivity contribution in [2.45, 2.75) is 33.6 Å². The van der Waals surface area contributed by atoms with Crippen LogP contribution < -0.4 is 10.3 Å². The van der Waals surface area contributed by atoms with E-state index in [-0.39, 0.29) is 11.3 Å². The van der Waals surface area contributed by atoms with Crippen LogP contribution in [0.3, 0.4) is 0 Å². The van der Waals surface area contributed by atoms with Gasteiger partial charge in [-0.1, -0.05) is 39.9 Å². The van der Waals surface area contributed by atoms with Crippen LogP contribution in [0, 0.1) is 4.51 Å². The summed E-state index contributed by atoms with van der Waals surface area (Å²) < 4.78 is 0.515. The van der Waals surface area contributed by atoms with E-state index in [0.717, 1.165) is 37.4 Å². The van der Waals surface area contributed by atoms with Gasteiger partial charge in [-0.3, -0.25) is 4.79 Å². The predicted molar refractivity (Wildman–Crippen MR) is 81.1 cm³/mol. The summed E-state index contributed by atoms with van der Waals surface area (Å²) in [4.78, 5) is 16.2. The van der Waals surface area contributed by atoms with Gasteiger partial charge in [-0.15, -0.1) is 0 Å². The first kappa shape index (κ1) is 15.3. The molecule has 102 valence electrons. The zero-order valence-corrected chi connectivity index (χ0v) is 12.9. The zero-order valence-electron chi connectivity index (χ0n) is 12.1. The summed E-state index contributed by atoms with van der Waals surface area (Å²) in [7, 11) is 2.03. The van der Waals surface area contributed by atoms with Crippen LogP contribution in [-0.2, 0) is 0 Å². The van der Waals surface area contributed by atoms with Crippen molar-refractivity contribution < 1.29 is 0 Å². The number of likely N-dealkylation sites (N-methyl/N-ethyl adjacent to an activating group) is 2. The normalized spacial score (nSPS) is 11.7. The van der Waals surface area contributed by atoms with Crippen molar-refractivity contribution in [3.63, 3.8) is 0 Å². The topological polar surface area (TPSA) is 23.6 Å². The van der Waals surface area contributed by atoms with E-state index in [4.69, 9.17) is 12.2 Å². The molecule has 0 aliphatic heterocycles. The van der Waals surface area contributed by atoms with Crippen molar-refractivity contribution in [2.24, 2.45) is 0 Å². The van der Waals surface area contributed by atoms with Gasteiger partial charge in [0.15, 0.2) is 0 Å². The fraction of sp³-hybridized carbons (Fsp3) is 0.714. The molecule has 0 saturated carbocycles. The van der Waals surface area contributed by atoms with Crippen LogP contribution in [0.5, 0.6) is 0 Å². The highest BCUT2D eigenvalue weighted by molar-refractivity contribution is 7.71. The van der Waals surface area contributed by atoms with Crippen LogP contribution >= 0.6 is 12.2 Å². The molecule has 4 heteroatoms. The van der Waals surface area contributed by atoms with Crippen molar-refractivity contribution in [1.29, 1.82) is 0 Å². The first-order chi connectivity index (χ1) is 8.43. The molecule has 0 atom stereocenters. The highest BCUT2D eigenvalue weighted by Crippen LogP contribution is 2.27. The second-order valence-corrected chi connectivity index (χ2v) is 5.43. The van der Waals surface area contributed by atoms with Crippen molar-refractivity contribution in [2.75, 3.05) is 38.1 Å². The molecule has 1 aromatic rings. The van der Waals surface area contributed by atoms with E-state index in [9.17, 15) is 4.79 Å². The third-order valence-electron chi connectivity index (χ3n) is 3.53. The van der Waals surface area contributed by atoms with Crippen LogP contribution in [-0.4, -0.2) is 38.1 Å². The van der Waals surface area contributed by atoms with Crippen molar-refractivity contribution in [3.05, 3.63) is 20.3 Å². The summed E-state index contributed by atoms with van der Waals surface area (Å²) in [6.07, 6.45) is 0. The molecule has 1 aromatic carbocycles. The lowest BCUT2D eigenvalue weighted by molar-refractivity contribution is 0.311. The Hall–Kier alpha value is -0.740. The van der Waals surface area contributed by atoms with Gasteiger partial charge in [0.2, 0.25) is 5.43 Å². The summed E-state index contributed by atoms with van der Waals surface area (Å²) in [5.41, 5.74) is 1.98. The Labute approximate surface area is 115 Å². The predicted octanol–water partition coefficient (Wildman–Crippen LogP) is 2.55. The quantitative estimate of drug-likeness (QED) is 0.709. The van der Waals surface area contributed by atoms with Crippen LogP contribution in [0.4, 0.5) is 5.69 Å². The van der Waals surface area contributed by atoms with Crippen molar-refractivity contribution >= 4 is 17.9 Å². The van der Waals surface area contributed by atoms with E-state index in [2.05, 4.69) is 23.6 Å². The van der Waals surface area contributed by atoms with Crippen LogP contribution in [0.1, 0.15) is 39.2 Å². The maximum atomic E-state index is 11.7. The summed E-state index contributed by atoms with van der Waals surface area (Å²) in [6, 6.07) is 0. The lowest BCUT2D eigenvalue weighted by atomic mass is 9.96. The van der Waals surface area contributed by atoms with Crippen LogP contribution in [0.25, 0.3) is 0 Å². The number of anilines is 1. The summed E-state index contributed by atoms with van der Waals surface area (Å²) >= 11 is 5.17. The molecule has 0 radical (unpaired) electrons. The molecule has 0 bridgehead atoms. The minimum absolute atomic E-state index is 0.0738. The van der Waals surface area contributed by atoms with Gasteiger partial charge in [-0.25, -0.2) is 0 Å². The smallest absolute Gasteiger partial charge is 0.204 e. The molecular weight excluding hydrogens is 244 g/mol. The van der Waals surface area contributed by atoms with Gasteiger partial charge in [0, 0.05) is 25.7 Å². The summed E-state index contributed by atoms with van der Waals surface area (Å²) in [5, 5.41) is 0. The molecule has 0 fully saturated rings. The van der Waals surface area contributed by atoms with Gasteiger partial charge >= 0.3 is 0 Å². The van der Waals surface area contributed by atoms with E-state index in [1.807, 2.05) is 20.9 Å². The van der Waals surface area contributed by atoms with E-state index >= 15 is 0 Å². The minimum Gasteiger partial charge on any atom is -0.372 e. The number of rotatable bonds is 7. The van der Waals surface area contributed by atoms with Gasteiger partial charge in [-0.2, -0.15) is 0 Å². The molecule has 0 saturated heterocycles. The Kier molecular flexibility index (Phi) is 5.47. The molecule has 3 nitrogen and oxygen atoms in total. The first-order valence-electron chi connectivity index (χ1n) is 6.70. The average molecular weight is 268 g/mol. The second-order valence-electron chi connectivity index (χ2n) is 5.02. The maximum absolute atomic E-state index is 11.7. The Morgan fingerprint density at radius 2 is 1.72 bits per heavy atom. The third kappa shape index (κ3) is 2.98. The van der Waals surface area contributed by atoms with E-state index in [1.165, 1.54) is 0 Å². The minimum atomic E-state index is 0.0738. The van der Waals surface area contributed by atoms with E-state index < -0.39 is 0 Å². The molecule has 18 heavy (non-hydrogen) atoms. The molecule has 0 unspecified atom stereocenters. The fourth-order valence-corrected chi connectivity index (χ4v) is 2.63. The van der Waals surface area contributed by atoms with Gasteiger partial charge in [-0.05, 0) is 19.0 Å². The Morgan fingerprint density at radius 3 is 2.17 bits per heavy atom. The Morgan fingerprint density at radius 1 is 1.17 bits per heavy atom. The number of hydrogen-bond acceptors (Lipinski definition) is 4. The number of hydrogen-bond donors (Lipinski definition) is 0. The fourth-order valence-electron chi connectivity index (χ4n) is 2.25.